The van der Waals surface area contributed by atoms with E-state index in [-0.39, 0.29) is 6.03 Å². The van der Waals surface area contributed by atoms with Crippen molar-refractivity contribution in [2.24, 2.45) is 0 Å². The fourth-order valence-corrected chi connectivity index (χ4v) is 3.50. The molecule has 2 amide bonds. The average molecular weight is 388 g/mol. The third kappa shape index (κ3) is 4.73. The van der Waals surface area contributed by atoms with Gasteiger partial charge in [-0.2, -0.15) is 0 Å². The Kier molecular flexibility index (Phi) is 6.24. The van der Waals surface area contributed by atoms with Gasteiger partial charge in [0.25, 0.3) is 0 Å². The summed E-state index contributed by atoms with van der Waals surface area (Å²) in [6, 6.07) is 11.6. The van der Waals surface area contributed by atoms with E-state index < -0.39 is 0 Å². The van der Waals surface area contributed by atoms with Gasteiger partial charge in [-0.15, -0.1) is 0 Å². The predicted octanol–water partition coefficient (Wildman–Crippen LogP) is 4.32. The van der Waals surface area contributed by atoms with E-state index in [0.717, 1.165) is 42.2 Å². The molecule has 1 aliphatic rings. The molecule has 0 aliphatic carbocycles. The molecule has 1 fully saturated rings. The number of hydrogen-bond acceptors (Lipinski definition) is 3. The molecule has 0 bridgehead atoms. The van der Waals surface area contributed by atoms with Crippen LogP contribution in [0.2, 0.25) is 5.02 Å². The van der Waals surface area contributed by atoms with E-state index in [4.69, 9.17) is 16.3 Å². The van der Waals surface area contributed by atoms with Crippen molar-refractivity contribution < 1.29 is 9.53 Å². The number of halogens is 1. The Morgan fingerprint density at radius 3 is 2.59 bits per heavy atom. The van der Waals surface area contributed by atoms with Gasteiger partial charge in [0.15, 0.2) is 0 Å². The Morgan fingerprint density at radius 1 is 1.15 bits per heavy atom. The zero-order valence-electron chi connectivity index (χ0n) is 16.1. The molecule has 1 N–H and O–H groups in total. The first-order valence-corrected chi connectivity index (χ1v) is 9.52. The van der Waals surface area contributed by atoms with Crippen molar-refractivity contribution in [3.05, 3.63) is 58.1 Å². The summed E-state index contributed by atoms with van der Waals surface area (Å²) in [6.07, 6.45) is 0. The molecule has 0 aromatic heterocycles. The van der Waals surface area contributed by atoms with Gasteiger partial charge in [-0.3, -0.25) is 4.90 Å². The molecule has 6 heteroatoms. The molecule has 0 atom stereocenters. The van der Waals surface area contributed by atoms with Gasteiger partial charge >= 0.3 is 6.03 Å². The van der Waals surface area contributed by atoms with Crippen molar-refractivity contribution in [3.63, 3.8) is 0 Å². The van der Waals surface area contributed by atoms with E-state index in [0.29, 0.717) is 18.1 Å². The molecule has 27 heavy (non-hydrogen) atoms. The van der Waals surface area contributed by atoms with Gasteiger partial charge < -0.3 is 15.0 Å². The van der Waals surface area contributed by atoms with Gasteiger partial charge in [-0.1, -0.05) is 23.7 Å². The molecule has 1 saturated heterocycles. The third-order valence-corrected chi connectivity index (χ3v) is 5.38. The Labute approximate surface area is 165 Å². The zero-order valence-corrected chi connectivity index (χ0v) is 16.8. The van der Waals surface area contributed by atoms with Crippen LogP contribution in [0.15, 0.2) is 36.4 Å². The van der Waals surface area contributed by atoms with Crippen molar-refractivity contribution in [1.82, 2.24) is 9.80 Å². The van der Waals surface area contributed by atoms with E-state index in [1.807, 2.05) is 55.1 Å². The Balaban J connectivity index is 1.56. The predicted molar refractivity (Wildman–Crippen MR) is 110 cm³/mol. The maximum absolute atomic E-state index is 12.6. The lowest BCUT2D eigenvalue weighted by molar-refractivity contribution is 0.142. The number of methoxy groups -OCH3 is 1. The molecule has 2 aromatic carbocycles. The molecule has 0 radical (unpaired) electrons. The van der Waals surface area contributed by atoms with Gasteiger partial charge in [0.05, 0.1) is 7.11 Å². The second kappa shape index (κ2) is 8.63. The van der Waals surface area contributed by atoms with Crippen LogP contribution in [0.5, 0.6) is 5.75 Å². The SMILES string of the molecule is COc1ccc(Cl)cc1CN1CCN(C(=O)Nc2cccc(C)c2C)CC1. The maximum atomic E-state index is 12.6. The monoisotopic (exact) mass is 387 g/mol. The Bertz CT molecular complexity index is 817. The fraction of sp³-hybridized carbons (Fsp3) is 0.381. The highest BCUT2D eigenvalue weighted by Crippen LogP contribution is 2.24. The van der Waals surface area contributed by atoms with Crippen LogP contribution >= 0.6 is 11.6 Å². The highest BCUT2D eigenvalue weighted by atomic mass is 35.5. The molecule has 1 heterocycles. The summed E-state index contributed by atoms with van der Waals surface area (Å²) in [6.45, 7) is 7.86. The number of anilines is 1. The number of benzene rings is 2. The number of ether oxygens (including phenoxy) is 1. The summed E-state index contributed by atoms with van der Waals surface area (Å²) >= 11 is 6.12. The average Bonchev–Trinajstić information content (AvgIpc) is 2.66. The van der Waals surface area contributed by atoms with Crippen LogP contribution < -0.4 is 10.1 Å². The molecular weight excluding hydrogens is 362 g/mol. The van der Waals surface area contributed by atoms with Crippen LogP contribution in [-0.4, -0.2) is 49.1 Å². The second-order valence-electron chi connectivity index (χ2n) is 6.90. The van der Waals surface area contributed by atoms with Gasteiger partial charge in [0.2, 0.25) is 0 Å². The normalized spacial score (nSPS) is 14.9. The van der Waals surface area contributed by atoms with Crippen molar-refractivity contribution in [1.29, 1.82) is 0 Å². The van der Waals surface area contributed by atoms with Gasteiger partial charge in [0.1, 0.15) is 5.75 Å². The summed E-state index contributed by atoms with van der Waals surface area (Å²) in [4.78, 5) is 16.8. The molecule has 0 spiro atoms. The zero-order chi connectivity index (χ0) is 19.4. The van der Waals surface area contributed by atoms with Crippen LogP contribution in [0.3, 0.4) is 0 Å². The first-order valence-electron chi connectivity index (χ1n) is 9.15. The van der Waals surface area contributed by atoms with Crippen molar-refractivity contribution in [2.75, 3.05) is 38.6 Å². The maximum Gasteiger partial charge on any atom is 0.321 e. The largest absolute Gasteiger partial charge is 0.496 e. The lowest BCUT2D eigenvalue weighted by atomic mass is 10.1. The summed E-state index contributed by atoms with van der Waals surface area (Å²) in [5.74, 6) is 0.842. The summed E-state index contributed by atoms with van der Waals surface area (Å²) in [5, 5.41) is 3.75. The molecule has 0 unspecified atom stereocenters. The van der Waals surface area contributed by atoms with E-state index in [1.54, 1.807) is 7.11 Å². The number of carbonyl (C=O) groups is 1. The van der Waals surface area contributed by atoms with Crippen LogP contribution in [0.25, 0.3) is 0 Å². The number of nitrogens with one attached hydrogen (secondary N) is 1. The molecule has 3 rings (SSSR count). The highest BCUT2D eigenvalue weighted by molar-refractivity contribution is 6.30. The minimum Gasteiger partial charge on any atom is -0.496 e. The quantitative estimate of drug-likeness (QED) is 0.849. The lowest BCUT2D eigenvalue weighted by Crippen LogP contribution is -2.49. The molecule has 2 aromatic rings. The third-order valence-electron chi connectivity index (χ3n) is 5.14. The van der Waals surface area contributed by atoms with Gasteiger partial charge in [-0.25, -0.2) is 4.79 Å². The molecule has 5 nitrogen and oxygen atoms in total. The topological polar surface area (TPSA) is 44.8 Å². The number of amides is 2. The van der Waals surface area contributed by atoms with Crippen LogP contribution in [0.4, 0.5) is 10.5 Å². The Morgan fingerprint density at radius 2 is 1.89 bits per heavy atom. The minimum absolute atomic E-state index is 0.0383. The van der Waals surface area contributed by atoms with Crippen molar-refractivity contribution in [3.8, 4) is 5.75 Å². The summed E-state index contributed by atoms with van der Waals surface area (Å²) < 4.78 is 5.43. The van der Waals surface area contributed by atoms with Crippen molar-refractivity contribution >= 4 is 23.3 Å². The number of carbonyl (C=O) groups excluding carboxylic acids is 1. The van der Waals surface area contributed by atoms with E-state index in [2.05, 4.69) is 10.2 Å². The molecule has 144 valence electrons. The van der Waals surface area contributed by atoms with Crippen molar-refractivity contribution in [2.45, 2.75) is 20.4 Å². The number of nitrogens with zero attached hydrogens (tertiary/aromatic N) is 2. The van der Waals surface area contributed by atoms with E-state index in [9.17, 15) is 4.79 Å². The fourth-order valence-electron chi connectivity index (χ4n) is 3.30. The Hall–Kier alpha value is -2.24. The molecule has 1 aliphatic heterocycles. The van der Waals surface area contributed by atoms with E-state index >= 15 is 0 Å². The van der Waals surface area contributed by atoms with Crippen LogP contribution in [0.1, 0.15) is 16.7 Å². The first-order chi connectivity index (χ1) is 13.0. The molecular formula is C21H26ClN3O2. The lowest BCUT2D eigenvalue weighted by Gasteiger charge is -2.35. The smallest absolute Gasteiger partial charge is 0.321 e. The number of piperazine rings is 1. The summed E-state index contributed by atoms with van der Waals surface area (Å²) in [5.41, 5.74) is 4.23. The minimum atomic E-state index is -0.0383. The highest BCUT2D eigenvalue weighted by Gasteiger charge is 2.22. The van der Waals surface area contributed by atoms with Gasteiger partial charge in [-0.05, 0) is 49.2 Å². The number of hydrogen-bond donors (Lipinski definition) is 1. The van der Waals surface area contributed by atoms with E-state index in [1.165, 1.54) is 5.56 Å². The number of urea groups is 1. The van der Waals surface area contributed by atoms with Crippen LogP contribution in [-0.2, 0) is 6.54 Å². The summed E-state index contributed by atoms with van der Waals surface area (Å²) in [7, 11) is 1.67. The van der Waals surface area contributed by atoms with Crippen LogP contribution in [0, 0.1) is 13.8 Å². The molecule has 0 saturated carbocycles. The van der Waals surface area contributed by atoms with Gasteiger partial charge in [0, 0.05) is 49.0 Å². The standard InChI is InChI=1S/C21H26ClN3O2/c1-15-5-4-6-19(16(15)2)23-21(26)25-11-9-24(10-12-25)14-17-13-18(22)7-8-20(17)27-3/h4-8,13H,9-12,14H2,1-3H3,(H,23,26). The second-order valence-corrected chi connectivity index (χ2v) is 7.33. The number of rotatable bonds is 4. The first kappa shape index (κ1) is 19.5. The number of aryl methyl sites for hydroxylation is 1.